The number of nitrogens with two attached hydrogens (primary N) is 1. The maximum atomic E-state index is 13.0. The molecule has 0 spiro atoms. The summed E-state index contributed by atoms with van der Waals surface area (Å²) in [6, 6.07) is 1.07. The van der Waals surface area contributed by atoms with Crippen LogP contribution in [0.3, 0.4) is 0 Å². The number of halogens is 2. The molecule has 0 aromatic carbocycles. The van der Waals surface area contributed by atoms with E-state index in [1.54, 1.807) is 6.07 Å². The molecule has 3 nitrogen and oxygen atoms in total. The van der Waals surface area contributed by atoms with Gasteiger partial charge in [-0.25, -0.2) is 4.98 Å². The Bertz CT molecular complexity index is 295. The van der Waals surface area contributed by atoms with Gasteiger partial charge in [0.2, 0.25) is 5.95 Å². The van der Waals surface area contributed by atoms with Crippen LogP contribution in [0.1, 0.15) is 18.0 Å². The predicted molar refractivity (Wildman–Crippen MR) is 50.5 cm³/mol. The van der Waals surface area contributed by atoms with Crippen LogP contribution in [0.5, 0.6) is 0 Å². The second kappa shape index (κ2) is 4.64. The third kappa shape index (κ3) is 2.72. The van der Waals surface area contributed by atoms with Gasteiger partial charge in [-0.3, -0.25) is 0 Å². The highest BCUT2D eigenvalue weighted by atomic mass is 79.9. The van der Waals surface area contributed by atoms with Gasteiger partial charge in [0, 0.05) is 28.9 Å². The van der Waals surface area contributed by atoms with Gasteiger partial charge in [-0.15, -0.1) is 0 Å². The Morgan fingerprint density at radius 2 is 2.38 bits per heavy atom. The molecule has 0 radical (unpaired) electrons. The Labute approximate surface area is 83.9 Å². The van der Waals surface area contributed by atoms with E-state index in [-0.39, 0.29) is 6.61 Å². The summed E-state index contributed by atoms with van der Waals surface area (Å²) in [7, 11) is 0. The van der Waals surface area contributed by atoms with Crippen molar-refractivity contribution in [2.75, 3.05) is 6.61 Å². The lowest BCUT2D eigenvalue weighted by molar-refractivity contribution is 0.275. The summed E-state index contributed by atoms with van der Waals surface area (Å²) >= 11 is 3.17. The van der Waals surface area contributed by atoms with E-state index in [4.69, 9.17) is 10.8 Å². The maximum Gasteiger partial charge on any atom is 0.217 e. The van der Waals surface area contributed by atoms with Crippen LogP contribution >= 0.6 is 15.9 Å². The van der Waals surface area contributed by atoms with Crippen LogP contribution in [0, 0.1) is 5.95 Å². The first-order valence-corrected chi connectivity index (χ1v) is 4.62. The lowest BCUT2D eigenvalue weighted by Crippen LogP contribution is -2.14. The molecule has 0 bridgehead atoms. The zero-order chi connectivity index (χ0) is 9.84. The zero-order valence-corrected chi connectivity index (χ0v) is 8.46. The molecule has 0 amide bonds. The number of hydrogen-bond acceptors (Lipinski definition) is 3. The van der Waals surface area contributed by atoms with E-state index in [1.807, 2.05) is 0 Å². The fourth-order valence-electron chi connectivity index (χ4n) is 0.993. The lowest BCUT2D eigenvalue weighted by atomic mass is 10.1. The Balaban J connectivity index is 2.91. The lowest BCUT2D eigenvalue weighted by Gasteiger charge is -2.10. The number of nitrogens with zero attached hydrogens (tertiary/aromatic N) is 1. The first-order chi connectivity index (χ1) is 6.15. The summed E-state index contributed by atoms with van der Waals surface area (Å²) in [6.07, 6.45) is 1.69. The standard InChI is InChI=1S/C8H10BrFN2O/c9-5-3-6(7(11)1-2-13)8(10)12-4-5/h3-4,7,13H,1-2,11H2/t7-/m1/s1. The average molecular weight is 249 g/mol. The normalized spacial score (nSPS) is 12.9. The van der Waals surface area contributed by atoms with Crippen molar-refractivity contribution in [1.29, 1.82) is 0 Å². The predicted octanol–water partition coefficient (Wildman–Crippen LogP) is 1.37. The van der Waals surface area contributed by atoms with Crippen molar-refractivity contribution in [3.8, 4) is 0 Å². The first-order valence-electron chi connectivity index (χ1n) is 3.82. The van der Waals surface area contributed by atoms with Gasteiger partial charge in [0.15, 0.2) is 0 Å². The molecule has 1 aromatic rings. The van der Waals surface area contributed by atoms with Crippen LogP contribution in [0.15, 0.2) is 16.7 Å². The van der Waals surface area contributed by atoms with Crippen molar-refractivity contribution in [3.63, 3.8) is 0 Å². The van der Waals surface area contributed by atoms with Gasteiger partial charge >= 0.3 is 0 Å². The number of rotatable bonds is 3. The highest BCUT2D eigenvalue weighted by Gasteiger charge is 2.12. The van der Waals surface area contributed by atoms with E-state index in [9.17, 15) is 4.39 Å². The summed E-state index contributed by atoms with van der Waals surface area (Å²) in [5.41, 5.74) is 5.94. The molecular weight excluding hydrogens is 239 g/mol. The van der Waals surface area contributed by atoms with Crippen molar-refractivity contribution in [1.82, 2.24) is 4.98 Å². The smallest absolute Gasteiger partial charge is 0.217 e. The molecule has 1 atom stereocenters. The third-order valence-corrected chi connectivity index (χ3v) is 2.11. The van der Waals surface area contributed by atoms with Crippen LogP contribution in [-0.4, -0.2) is 16.7 Å². The van der Waals surface area contributed by atoms with Crippen LogP contribution in [-0.2, 0) is 0 Å². The Kier molecular flexibility index (Phi) is 3.77. The zero-order valence-electron chi connectivity index (χ0n) is 6.87. The highest BCUT2D eigenvalue weighted by molar-refractivity contribution is 9.10. The number of pyridine rings is 1. The molecule has 72 valence electrons. The number of aromatic nitrogens is 1. The summed E-state index contributed by atoms with van der Waals surface area (Å²) in [4.78, 5) is 3.51. The molecule has 13 heavy (non-hydrogen) atoms. The molecule has 5 heteroatoms. The van der Waals surface area contributed by atoms with E-state index in [0.29, 0.717) is 16.5 Å². The highest BCUT2D eigenvalue weighted by Crippen LogP contribution is 2.19. The Hall–Kier alpha value is -0.520. The van der Waals surface area contributed by atoms with Gasteiger partial charge in [0.25, 0.3) is 0 Å². The Morgan fingerprint density at radius 3 is 3.00 bits per heavy atom. The quantitative estimate of drug-likeness (QED) is 0.795. The van der Waals surface area contributed by atoms with Gasteiger partial charge in [-0.05, 0) is 28.4 Å². The molecule has 0 fully saturated rings. The van der Waals surface area contributed by atoms with Gasteiger partial charge < -0.3 is 10.8 Å². The SMILES string of the molecule is N[C@H](CCO)c1cc(Br)cnc1F. The number of hydrogen-bond donors (Lipinski definition) is 2. The number of aliphatic hydroxyl groups excluding tert-OH is 1. The Morgan fingerprint density at radius 1 is 1.69 bits per heavy atom. The van der Waals surface area contributed by atoms with Gasteiger partial charge in [-0.1, -0.05) is 0 Å². The van der Waals surface area contributed by atoms with Gasteiger partial charge in [0.05, 0.1) is 0 Å². The summed E-state index contributed by atoms with van der Waals surface area (Å²) in [5.74, 6) is -0.579. The molecular formula is C8H10BrFN2O. The van der Waals surface area contributed by atoms with Crippen LogP contribution < -0.4 is 5.73 Å². The van der Waals surface area contributed by atoms with E-state index in [1.165, 1.54) is 6.20 Å². The topological polar surface area (TPSA) is 59.1 Å². The second-order valence-corrected chi connectivity index (χ2v) is 3.57. The van der Waals surface area contributed by atoms with E-state index < -0.39 is 12.0 Å². The molecule has 0 aliphatic carbocycles. The molecule has 0 unspecified atom stereocenters. The number of aliphatic hydroxyl groups is 1. The van der Waals surface area contributed by atoms with Crippen molar-refractivity contribution >= 4 is 15.9 Å². The summed E-state index contributed by atoms with van der Waals surface area (Å²) < 4.78 is 13.7. The third-order valence-electron chi connectivity index (χ3n) is 1.67. The van der Waals surface area contributed by atoms with E-state index in [0.717, 1.165) is 0 Å². The van der Waals surface area contributed by atoms with Gasteiger partial charge in [-0.2, -0.15) is 4.39 Å². The second-order valence-electron chi connectivity index (χ2n) is 2.65. The van der Waals surface area contributed by atoms with Gasteiger partial charge in [0.1, 0.15) is 0 Å². The largest absolute Gasteiger partial charge is 0.396 e. The van der Waals surface area contributed by atoms with Crippen LogP contribution in [0.25, 0.3) is 0 Å². The molecule has 3 N–H and O–H groups in total. The van der Waals surface area contributed by atoms with Crippen molar-refractivity contribution < 1.29 is 9.50 Å². The van der Waals surface area contributed by atoms with Crippen molar-refractivity contribution in [3.05, 3.63) is 28.2 Å². The van der Waals surface area contributed by atoms with Crippen molar-refractivity contribution in [2.24, 2.45) is 5.73 Å². The average Bonchev–Trinajstić information content (AvgIpc) is 2.09. The van der Waals surface area contributed by atoms with E-state index >= 15 is 0 Å². The summed E-state index contributed by atoms with van der Waals surface area (Å²) in [6.45, 7) is -0.0624. The maximum absolute atomic E-state index is 13.0. The molecule has 0 aliphatic heterocycles. The summed E-state index contributed by atoms with van der Waals surface area (Å²) in [5, 5.41) is 8.62. The first kappa shape index (κ1) is 10.6. The molecule has 0 saturated carbocycles. The monoisotopic (exact) mass is 248 g/mol. The minimum Gasteiger partial charge on any atom is -0.396 e. The molecule has 1 heterocycles. The molecule has 1 rings (SSSR count). The molecule has 0 aliphatic rings. The minimum atomic E-state index is -0.579. The molecule has 0 saturated heterocycles. The fourth-order valence-corrected chi connectivity index (χ4v) is 1.34. The van der Waals surface area contributed by atoms with Crippen LogP contribution in [0.4, 0.5) is 4.39 Å². The fraction of sp³-hybridized carbons (Fsp3) is 0.375. The van der Waals surface area contributed by atoms with Crippen molar-refractivity contribution in [2.45, 2.75) is 12.5 Å². The molecule has 1 aromatic heterocycles. The van der Waals surface area contributed by atoms with E-state index in [2.05, 4.69) is 20.9 Å². The van der Waals surface area contributed by atoms with Crippen LogP contribution in [0.2, 0.25) is 0 Å². The minimum absolute atomic E-state index is 0.0624.